The molecule has 3 aromatic rings. The van der Waals surface area contributed by atoms with E-state index in [1.807, 2.05) is 68.4 Å². The highest BCUT2D eigenvalue weighted by Crippen LogP contribution is 2.43. The van der Waals surface area contributed by atoms with E-state index in [4.69, 9.17) is 4.74 Å². The van der Waals surface area contributed by atoms with Gasteiger partial charge < -0.3 is 9.84 Å². The van der Waals surface area contributed by atoms with Crippen LogP contribution in [0.15, 0.2) is 84.4 Å². The molecule has 1 aliphatic heterocycles. The minimum atomic E-state index is -0.776. The number of para-hydroxylation sites is 1. The Morgan fingerprint density at radius 1 is 0.968 bits per heavy atom. The molecule has 0 radical (unpaired) electrons. The van der Waals surface area contributed by atoms with Crippen LogP contribution in [0.2, 0.25) is 0 Å². The number of carbonyl (C=O) groups excluding carboxylic acids is 2. The van der Waals surface area contributed by atoms with Gasteiger partial charge in [0.25, 0.3) is 11.7 Å². The molecule has 4 rings (SSSR count). The molecule has 0 saturated carbocycles. The third kappa shape index (κ3) is 3.70. The maximum Gasteiger partial charge on any atom is 0.300 e. The number of hydrogen-bond acceptors (Lipinski definition) is 4. The lowest BCUT2D eigenvalue weighted by atomic mass is 9.94. The first-order chi connectivity index (χ1) is 15.0. The van der Waals surface area contributed by atoms with Gasteiger partial charge in [0.05, 0.1) is 18.2 Å². The van der Waals surface area contributed by atoms with Crippen molar-refractivity contribution >= 4 is 23.1 Å². The smallest absolute Gasteiger partial charge is 0.300 e. The van der Waals surface area contributed by atoms with Gasteiger partial charge in [0.15, 0.2) is 0 Å². The van der Waals surface area contributed by atoms with E-state index in [-0.39, 0.29) is 11.3 Å². The minimum absolute atomic E-state index is 0.0631. The van der Waals surface area contributed by atoms with Crippen molar-refractivity contribution in [3.05, 3.63) is 101 Å². The summed E-state index contributed by atoms with van der Waals surface area (Å²) in [6.45, 7) is 4.27. The number of ketones is 1. The Hall–Kier alpha value is -3.86. The average Bonchev–Trinajstić information content (AvgIpc) is 3.05. The van der Waals surface area contributed by atoms with Crippen LogP contribution in [0.4, 0.5) is 5.69 Å². The summed E-state index contributed by atoms with van der Waals surface area (Å²) in [4.78, 5) is 27.8. The molecule has 1 saturated heterocycles. The number of carbonyl (C=O) groups is 2. The molecule has 1 unspecified atom stereocenters. The Labute approximate surface area is 181 Å². The number of aliphatic hydroxyl groups excluding tert-OH is 1. The lowest BCUT2D eigenvalue weighted by Gasteiger charge is -2.27. The fraction of sp³-hybridized carbons (Fsp3) is 0.154. The van der Waals surface area contributed by atoms with Gasteiger partial charge in [-0.15, -0.1) is 0 Å². The number of amides is 1. The van der Waals surface area contributed by atoms with E-state index < -0.39 is 17.7 Å². The molecule has 1 amide bonds. The molecule has 5 nitrogen and oxygen atoms in total. The Morgan fingerprint density at radius 3 is 2.39 bits per heavy atom. The topological polar surface area (TPSA) is 66.8 Å². The average molecular weight is 413 g/mol. The molecule has 0 aromatic heterocycles. The van der Waals surface area contributed by atoms with Crippen molar-refractivity contribution in [3.63, 3.8) is 0 Å². The molecule has 1 atom stereocenters. The summed E-state index contributed by atoms with van der Waals surface area (Å²) in [6.07, 6.45) is 0. The molecule has 31 heavy (non-hydrogen) atoms. The number of benzene rings is 3. The lowest BCUT2D eigenvalue weighted by molar-refractivity contribution is -0.132. The van der Waals surface area contributed by atoms with Gasteiger partial charge in [-0.05, 0) is 43.2 Å². The van der Waals surface area contributed by atoms with E-state index in [1.165, 1.54) is 4.90 Å². The molecule has 1 fully saturated rings. The fourth-order valence-corrected chi connectivity index (χ4v) is 3.92. The maximum absolute atomic E-state index is 13.2. The van der Waals surface area contributed by atoms with Gasteiger partial charge in [0.1, 0.15) is 11.5 Å². The van der Waals surface area contributed by atoms with Gasteiger partial charge in [-0.1, -0.05) is 60.7 Å². The Kier molecular flexibility index (Phi) is 5.58. The molecule has 0 bridgehead atoms. The molecule has 1 aliphatic rings. The number of anilines is 1. The maximum atomic E-state index is 13.2. The molecule has 5 heteroatoms. The molecular formula is C26H23NO4. The predicted molar refractivity (Wildman–Crippen MR) is 120 cm³/mol. The molecule has 0 spiro atoms. The van der Waals surface area contributed by atoms with E-state index in [2.05, 4.69) is 0 Å². The summed E-state index contributed by atoms with van der Waals surface area (Å²) in [6, 6.07) is 22.7. The third-order valence-corrected chi connectivity index (χ3v) is 5.35. The van der Waals surface area contributed by atoms with E-state index in [0.717, 1.165) is 5.56 Å². The molecule has 0 aliphatic carbocycles. The summed E-state index contributed by atoms with van der Waals surface area (Å²) < 4.78 is 5.64. The zero-order chi connectivity index (χ0) is 22.0. The van der Waals surface area contributed by atoms with Gasteiger partial charge in [0, 0.05) is 11.3 Å². The monoisotopic (exact) mass is 413 g/mol. The highest BCUT2D eigenvalue weighted by molar-refractivity contribution is 6.51. The lowest BCUT2D eigenvalue weighted by Crippen LogP contribution is -2.30. The number of Topliss-reactive ketones (excluding diaryl/α,β-unsaturated/α-hetero) is 1. The number of aliphatic hydroxyl groups is 1. The van der Waals surface area contributed by atoms with Crippen LogP contribution < -0.4 is 9.64 Å². The second kappa shape index (κ2) is 8.48. The van der Waals surface area contributed by atoms with Crippen molar-refractivity contribution in [2.45, 2.75) is 19.9 Å². The zero-order valence-corrected chi connectivity index (χ0v) is 17.4. The highest BCUT2D eigenvalue weighted by Gasteiger charge is 2.47. The summed E-state index contributed by atoms with van der Waals surface area (Å²) in [5.41, 5.74) is 2.72. The van der Waals surface area contributed by atoms with Crippen LogP contribution in [-0.2, 0) is 9.59 Å². The molecule has 156 valence electrons. The fourth-order valence-electron chi connectivity index (χ4n) is 3.92. The Bertz CT molecular complexity index is 1170. The first-order valence-corrected chi connectivity index (χ1v) is 10.2. The van der Waals surface area contributed by atoms with Gasteiger partial charge >= 0.3 is 0 Å². The summed E-state index contributed by atoms with van der Waals surface area (Å²) in [5, 5.41) is 11.1. The van der Waals surface area contributed by atoms with E-state index in [9.17, 15) is 14.7 Å². The first-order valence-electron chi connectivity index (χ1n) is 10.2. The molecular weight excluding hydrogens is 390 g/mol. The van der Waals surface area contributed by atoms with E-state index in [0.29, 0.717) is 29.2 Å². The van der Waals surface area contributed by atoms with Crippen molar-refractivity contribution in [3.8, 4) is 5.75 Å². The Morgan fingerprint density at radius 2 is 1.68 bits per heavy atom. The summed E-state index contributed by atoms with van der Waals surface area (Å²) in [7, 11) is 0. The minimum Gasteiger partial charge on any atom is -0.507 e. The highest BCUT2D eigenvalue weighted by atomic mass is 16.5. The summed E-state index contributed by atoms with van der Waals surface area (Å²) >= 11 is 0. The SMILES string of the molecule is CCOc1cccc(C2/C(=C(/O)c3ccccc3)C(=O)C(=O)N2c2ccccc2C)c1. The van der Waals surface area contributed by atoms with Crippen molar-refractivity contribution < 1.29 is 19.4 Å². The summed E-state index contributed by atoms with van der Waals surface area (Å²) in [5.74, 6) is -0.938. The van der Waals surface area contributed by atoms with Crippen LogP contribution in [0.5, 0.6) is 5.75 Å². The van der Waals surface area contributed by atoms with Crippen LogP contribution in [0.1, 0.15) is 29.7 Å². The van der Waals surface area contributed by atoms with Crippen LogP contribution in [-0.4, -0.2) is 23.4 Å². The van der Waals surface area contributed by atoms with Crippen molar-refractivity contribution in [1.29, 1.82) is 0 Å². The van der Waals surface area contributed by atoms with E-state index in [1.54, 1.807) is 24.3 Å². The molecule has 3 aromatic carbocycles. The van der Waals surface area contributed by atoms with Crippen LogP contribution in [0.3, 0.4) is 0 Å². The van der Waals surface area contributed by atoms with E-state index >= 15 is 0 Å². The first kappa shape index (κ1) is 20.4. The van der Waals surface area contributed by atoms with Gasteiger partial charge in [-0.2, -0.15) is 0 Å². The second-order valence-corrected chi connectivity index (χ2v) is 7.33. The third-order valence-electron chi connectivity index (χ3n) is 5.35. The number of aryl methyl sites for hydroxylation is 1. The van der Waals surface area contributed by atoms with Gasteiger partial charge in [0.2, 0.25) is 0 Å². The van der Waals surface area contributed by atoms with Gasteiger partial charge in [-0.3, -0.25) is 14.5 Å². The molecule has 1 N–H and O–H groups in total. The zero-order valence-electron chi connectivity index (χ0n) is 17.4. The van der Waals surface area contributed by atoms with Crippen molar-refractivity contribution in [1.82, 2.24) is 0 Å². The quantitative estimate of drug-likeness (QED) is 0.362. The van der Waals surface area contributed by atoms with Crippen LogP contribution in [0.25, 0.3) is 5.76 Å². The standard InChI is InChI=1S/C26H23NO4/c1-3-31-20-14-9-13-19(16-20)23-22(24(28)18-11-5-4-6-12-18)25(29)26(30)27(23)21-15-8-7-10-17(21)2/h4-16,23,28H,3H2,1-2H3/b24-22-. The largest absolute Gasteiger partial charge is 0.507 e. The Balaban J connectivity index is 1.96. The second-order valence-electron chi connectivity index (χ2n) is 7.33. The van der Waals surface area contributed by atoms with Crippen LogP contribution >= 0.6 is 0 Å². The number of nitrogens with zero attached hydrogens (tertiary/aromatic N) is 1. The number of ether oxygens (including phenoxy) is 1. The van der Waals surface area contributed by atoms with Gasteiger partial charge in [-0.25, -0.2) is 0 Å². The predicted octanol–water partition coefficient (Wildman–Crippen LogP) is 5.02. The number of rotatable bonds is 5. The van der Waals surface area contributed by atoms with Crippen molar-refractivity contribution in [2.24, 2.45) is 0 Å². The van der Waals surface area contributed by atoms with Crippen molar-refractivity contribution in [2.75, 3.05) is 11.5 Å². The molecule has 1 heterocycles. The van der Waals surface area contributed by atoms with Crippen LogP contribution in [0, 0.1) is 6.92 Å². The normalized spacial score (nSPS) is 17.7. The number of hydrogen-bond donors (Lipinski definition) is 1.